The van der Waals surface area contributed by atoms with Gasteiger partial charge in [-0.15, -0.1) is 0 Å². The summed E-state index contributed by atoms with van der Waals surface area (Å²) in [5, 5.41) is 12.3. The van der Waals surface area contributed by atoms with Crippen LogP contribution < -0.4 is 5.32 Å². The van der Waals surface area contributed by atoms with Crippen LogP contribution in [0.1, 0.15) is 21.5 Å². The fraction of sp³-hybridized carbons (Fsp3) is 0. The minimum Gasteiger partial charge on any atom is -0.478 e. The highest BCUT2D eigenvalue weighted by Crippen LogP contribution is 2.25. The van der Waals surface area contributed by atoms with Gasteiger partial charge >= 0.3 is 5.97 Å². The largest absolute Gasteiger partial charge is 0.478 e. The first-order chi connectivity index (χ1) is 13.0. The van der Waals surface area contributed by atoms with E-state index in [9.17, 15) is 9.59 Å². The van der Waals surface area contributed by atoms with Crippen LogP contribution in [-0.2, 0) is 4.79 Å². The van der Waals surface area contributed by atoms with Gasteiger partial charge in [-0.2, -0.15) is 0 Å². The predicted molar refractivity (Wildman–Crippen MR) is 107 cm³/mol. The van der Waals surface area contributed by atoms with Crippen molar-refractivity contribution in [1.29, 1.82) is 0 Å². The molecule has 27 heavy (non-hydrogen) atoms. The zero-order chi connectivity index (χ0) is 19.2. The quantitative estimate of drug-likeness (QED) is 0.607. The maximum Gasteiger partial charge on any atom is 0.335 e. The number of amides is 1. The normalized spacial score (nSPS) is 11.1. The first-order valence-corrected chi connectivity index (χ1v) is 8.58. The van der Waals surface area contributed by atoms with Crippen molar-refractivity contribution in [2.75, 3.05) is 5.32 Å². The Morgan fingerprint density at radius 2 is 1.33 bits per heavy atom. The second-order valence-corrected chi connectivity index (χ2v) is 6.24. The molecule has 0 aliphatic carbocycles. The van der Waals surface area contributed by atoms with Crippen LogP contribution in [0, 0.1) is 0 Å². The van der Waals surface area contributed by atoms with Crippen molar-refractivity contribution in [3.8, 4) is 0 Å². The smallest absolute Gasteiger partial charge is 0.335 e. The molecular formula is C22H16ClNO3. The van der Waals surface area contributed by atoms with Crippen molar-refractivity contribution in [2.45, 2.75) is 0 Å². The number of halogens is 1. The molecule has 0 aliphatic heterocycles. The van der Waals surface area contributed by atoms with Gasteiger partial charge in [0.1, 0.15) is 0 Å². The number of carbonyl (C=O) groups is 2. The molecule has 134 valence electrons. The van der Waals surface area contributed by atoms with Crippen molar-refractivity contribution in [3.63, 3.8) is 0 Å². The Balaban J connectivity index is 1.89. The molecule has 0 aliphatic rings. The van der Waals surface area contributed by atoms with E-state index in [1.807, 2.05) is 42.5 Å². The van der Waals surface area contributed by atoms with E-state index in [0.717, 1.165) is 16.7 Å². The lowest BCUT2D eigenvalue weighted by molar-refractivity contribution is -0.111. The molecule has 0 radical (unpaired) electrons. The second-order valence-electron chi connectivity index (χ2n) is 5.80. The standard InChI is InChI=1S/C22H16ClNO3/c23-18-10-6-16(7-11-18)20(15-4-2-1-3-5-15)14-21(25)24-19-12-8-17(9-13-19)22(26)27/h1-14H,(H,24,25)(H,26,27). The number of rotatable bonds is 5. The van der Waals surface area contributed by atoms with Gasteiger partial charge in [0, 0.05) is 16.8 Å². The number of anilines is 1. The van der Waals surface area contributed by atoms with Gasteiger partial charge in [0.15, 0.2) is 0 Å². The number of benzene rings is 3. The summed E-state index contributed by atoms with van der Waals surface area (Å²) in [4.78, 5) is 23.4. The highest BCUT2D eigenvalue weighted by Gasteiger charge is 2.09. The van der Waals surface area contributed by atoms with Crippen molar-refractivity contribution >= 4 is 34.7 Å². The lowest BCUT2D eigenvalue weighted by Crippen LogP contribution is -2.09. The van der Waals surface area contributed by atoms with E-state index >= 15 is 0 Å². The topological polar surface area (TPSA) is 66.4 Å². The van der Waals surface area contributed by atoms with Crippen molar-refractivity contribution in [1.82, 2.24) is 0 Å². The molecule has 5 heteroatoms. The highest BCUT2D eigenvalue weighted by molar-refractivity contribution is 6.30. The third-order valence-corrected chi connectivity index (χ3v) is 4.17. The van der Waals surface area contributed by atoms with E-state index in [2.05, 4.69) is 5.32 Å². The maximum absolute atomic E-state index is 12.5. The second kappa shape index (κ2) is 8.34. The van der Waals surface area contributed by atoms with Gasteiger partial charge in [0.25, 0.3) is 0 Å². The summed E-state index contributed by atoms with van der Waals surface area (Å²) in [6.45, 7) is 0. The summed E-state index contributed by atoms with van der Waals surface area (Å²) in [7, 11) is 0. The van der Waals surface area contributed by atoms with Gasteiger partial charge in [0.05, 0.1) is 5.56 Å². The third kappa shape index (κ3) is 4.84. The lowest BCUT2D eigenvalue weighted by Gasteiger charge is -2.10. The Hall–Kier alpha value is -3.37. The SMILES string of the molecule is O=C(C=C(c1ccccc1)c1ccc(Cl)cc1)Nc1ccc(C(=O)O)cc1. The molecule has 0 aromatic heterocycles. The highest BCUT2D eigenvalue weighted by atomic mass is 35.5. The van der Waals surface area contributed by atoms with Gasteiger partial charge in [-0.3, -0.25) is 4.79 Å². The van der Waals surface area contributed by atoms with Crippen molar-refractivity contribution in [2.24, 2.45) is 0 Å². The van der Waals surface area contributed by atoms with Crippen LogP contribution >= 0.6 is 11.6 Å². The van der Waals surface area contributed by atoms with Crippen LogP contribution in [0.2, 0.25) is 5.02 Å². The van der Waals surface area contributed by atoms with Crippen LogP contribution in [0.15, 0.2) is 84.9 Å². The molecular weight excluding hydrogens is 362 g/mol. The van der Waals surface area contributed by atoms with E-state index in [4.69, 9.17) is 16.7 Å². The van der Waals surface area contributed by atoms with Crippen LogP contribution in [-0.4, -0.2) is 17.0 Å². The molecule has 4 nitrogen and oxygen atoms in total. The van der Waals surface area contributed by atoms with E-state index in [1.165, 1.54) is 18.2 Å². The Morgan fingerprint density at radius 3 is 1.93 bits per heavy atom. The summed E-state index contributed by atoms with van der Waals surface area (Å²) in [6.07, 6.45) is 1.52. The van der Waals surface area contributed by atoms with Crippen LogP contribution in [0.5, 0.6) is 0 Å². The number of hydrogen-bond donors (Lipinski definition) is 2. The van der Waals surface area contributed by atoms with Gasteiger partial charge in [-0.05, 0) is 53.1 Å². The molecule has 0 heterocycles. The molecule has 0 saturated carbocycles. The predicted octanol–water partition coefficient (Wildman–Crippen LogP) is 5.11. The zero-order valence-electron chi connectivity index (χ0n) is 14.2. The molecule has 0 fully saturated rings. The Morgan fingerprint density at radius 1 is 0.778 bits per heavy atom. The van der Waals surface area contributed by atoms with Crippen molar-refractivity contribution in [3.05, 3.63) is 107 Å². The fourth-order valence-corrected chi connectivity index (χ4v) is 2.71. The molecule has 3 aromatic rings. The molecule has 2 N–H and O–H groups in total. The molecule has 0 saturated heterocycles. The molecule has 1 amide bonds. The van der Waals surface area contributed by atoms with Gasteiger partial charge in [-0.25, -0.2) is 4.79 Å². The minimum atomic E-state index is -1.01. The summed E-state index contributed by atoms with van der Waals surface area (Å²) in [5.74, 6) is -1.33. The molecule has 3 aromatic carbocycles. The monoisotopic (exact) mass is 377 g/mol. The number of aromatic carboxylic acids is 1. The van der Waals surface area contributed by atoms with Gasteiger partial charge in [0.2, 0.25) is 5.91 Å². The number of carboxylic acid groups (broad SMARTS) is 1. The van der Waals surface area contributed by atoms with Crippen molar-refractivity contribution < 1.29 is 14.7 Å². The average molecular weight is 378 g/mol. The Bertz CT molecular complexity index is 978. The van der Waals surface area contributed by atoms with Crippen LogP contribution in [0.25, 0.3) is 5.57 Å². The Labute approximate surface area is 161 Å². The van der Waals surface area contributed by atoms with E-state index in [0.29, 0.717) is 10.7 Å². The zero-order valence-corrected chi connectivity index (χ0v) is 15.0. The summed E-state index contributed by atoms with van der Waals surface area (Å²) in [5.41, 5.74) is 3.20. The van der Waals surface area contributed by atoms with Gasteiger partial charge < -0.3 is 10.4 Å². The maximum atomic E-state index is 12.5. The fourth-order valence-electron chi connectivity index (χ4n) is 2.59. The minimum absolute atomic E-state index is 0.162. The molecule has 0 unspecified atom stereocenters. The lowest BCUT2D eigenvalue weighted by atomic mass is 9.97. The number of nitrogens with one attached hydrogen (secondary N) is 1. The molecule has 0 bridgehead atoms. The molecule has 0 spiro atoms. The molecule has 3 rings (SSSR count). The van der Waals surface area contributed by atoms with E-state index in [1.54, 1.807) is 24.3 Å². The summed E-state index contributed by atoms with van der Waals surface area (Å²) >= 11 is 5.97. The first-order valence-electron chi connectivity index (χ1n) is 8.20. The van der Waals surface area contributed by atoms with E-state index in [-0.39, 0.29) is 11.5 Å². The summed E-state index contributed by atoms with van der Waals surface area (Å²) in [6, 6.07) is 22.8. The first kappa shape index (κ1) is 18.4. The number of carboxylic acids is 1. The number of hydrogen-bond acceptors (Lipinski definition) is 2. The van der Waals surface area contributed by atoms with E-state index < -0.39 is 5.97 Å². The Kier molecular flexibility index (Phi) is 5.69. The molecule has 0 atom stereocenters. The van der Waals surface area contributed by atoms with Crippen LogP contribution in [0.3, 0.4) is 0 Å². The van der Waals surface area contributed by atoms with Gasteiger partial charge in [-0.1, -0.05) is 54.1 Å². The third-order valence-electron chi connectivity index (χ3n) is 3.91. The average Bonchev–Trinajstić information content (AvgIpc) is 2.68. The van der Waals surface area contributed by atoms with Crippen LogP contribution in [0.4, 0.5) is 5.69 Å². The summed E-state index contributed by atoms with van der Waals surface area (Å²) < 4.78 is 0. The number of carbonyl (C=O) groups excluding carboxylic acids is 1.